The number of aromatic nitrogens is 4. The quantitative estimate of drug-likeness (QED) is 0.301. The van der Waals surface area contributed by atoms with E-state index >= 15 is 0 Å². The summed E-state index contributed by atoms with van der Waals surface area (Å²) in [7, 11) is 0. The van der Waals surface area contributed by atoms with Crippen LogP contribution in [0.3, 0.4) is 0 Å². The molecule has 10 heteroatoms. The molecule has 0 aliphatic heterocycles. The monoisotopic (exact) mass is 533 g/mol. The van der Waals surface area contributed by atoms with Gasteiger partial charge in [-0.2, -0.15) is 0 Å². The van der Waals surface area contributed by atoms with Crippen molar-refractivity contribution in [2.75, 3.05) is 11.1 Å². The van der Waals surface area contributed by atoms with Crippen LogP contribution in [0.1, 0.15) is 0 Å². The summed E-state index contributed by atoms with van der Waals surface area (Å²) in [5.41, 5.74) is 2.24. The molecule has 0 saturated carbocycles. The number of carbonyl (C=O) groups is 1. The largest absolute Gasteiger partial charge is 0.324 e. The van der Waals surface area contributed by atoms with Crippen molar-refractivity contribution in [2.24, 2.45) is 0 Å². The van der Waals surface area contributed by atoms with Gasteiger partial charge in [-0.15, -0.1) is 10.2 Å². The van der Waals surface area contributed by atoms with Crippen LogP contribution in [0.4, 0.5) is 5.69 Å². The second-order valence-corrected chi connectivity index (χ2v) is 9.02. The van der Waals surface area contributed by atoms with Crippen LogP contribution in [0.15, 0.2) is 76.6 Å². The van der Waals surface area contributed by atoms with E-state index in [0.717, 1.165) is 15.7 Å². The number of amides is 1. The first-order valence-electron chi connectivity index (χ1n) is 9.01. The molecule has 31 heavy (non-hydrogen) atoms. The normalized spacial score (nSPS) is 10.8. The topological polar surface area (TPSA) is 72.7 Å². The van der Waals surface area contributed by atoms with Gasteiger partial charge in [-0.1, -0.05) is 50.9 Å². The van der Waals surface area contributed by atoms with Gasteiger partial charge in [0.1, 0.15) is 0 Å². The number of hydrogen-bond donors (Lipinski definition) is 1. The van der Waals surface area contributed by atoms with Crippen molar-refractivity contribution in [2.45, 2.75) is 5.16 Å². The van der Waals surface area contributed by atoms with Gasteiger partial charge in [-0.05, 0) is 54.6 Å². The number of anilines is 1. The molecular weight excluding hydrogens is 521 g/mol. The molecule has 0 radical (unpaired) electrons. The minimum absolute atomic E-state index is 0.133. The van der Waals surface area contributed by atoms with E-state index in [-0.39, 0.29) is 11.7 Å². The third-order valence-corrected chi connectivity index (χ3v) is 6.18. The van der Waals surface area contributed by atoms with Crippen molar-refractivity contribution >= 4 is 62.5 Å². The summed E-state index contributed by atoms with van der Waals surface area (Å²) in [6, 6.07) is 16.3. The summed E-state index contributed by atoms with van der Waals surface area (Å²) in [4.78, 5) is 16.6. The van der Waals surface area contributed by atoms with Crippen molar-refractivity contribution in [3.05, 3.63) is 81.5 Å². The predicted octanol–water partition coefficient (Wildman–Crippen LogP) is 6.13. The number of thioether (sulfide) groups is 1. The Morgan fingerprint density at radius 3 is 2.48 bits per heavy atom. The molecule has 0 saturated heterocycles. The molecule has 2 aromatic carbocycles. The Labute approximate surface area is 201 Å². The van der Waals surface area contributed by atoms with Gasteiger partial charge < -0.3 is 5.32 Å². The number of pyridine rings is 1. The highest BCUT2D eigenvalue weighted by Crippen LogP contribution is 2.29. The Morgan fingerprint density at radius 1 is 1.03 bits per heavy atom. The average Bonchev–Trinajstić information content (AvgIpc) is 3.19. The average molecular weight is 535 g/mol. The first-order chi connectivity index (χ1) is 15.0. The fourth-order valence-electron chi connectivity index (χ4n) is 2.78. The molecule has 0 bridgehead atoms. The van der Waals surface area contributed by atoms with E-state index in [2.05, 4.69) is 36.4 Å². The van der Waals surface area contributed by atoms with Crippen molar-refractivity contribution in [3.63, 3.8) is 0 Å². The highest BCUT2D eigenvalue weighted by Gasteiger charge is 2.17. The standard InChI is InChI=1S/C21H14BrCl2N5OS/c22-14-1-6-18(17(24)11-14)26-19(30)12-31-21-28-27-20(13-7-9-25-10-8-13)29(21)16-4-2-15(23)3-5-16/h1-11H,12H2,(H,26,30). The minimum Gasteiger partial charge on any atom is -0.324 e. The maximum atomic E-state index is 12.5. The van der Waals surface area contributed by atoms with E-state index in [0.29, 0.717) is 26.7 Å². The predicted molar refractivity (Wildman–Crippen MR) is 128 cm³/mol. The third kappa shape index (κ3) is 5.27. The number of nitrogens with one attached hydrogen (secondary N) is 1. The second kappa shape index (κ2) is 9.82. The molecular formula is C21H14BrCl2N5OS. The van der Waals surface area contributed by atoms with Crippen LogP contribution >= 0.6 is 50.9 Å². The molecule has 0 aliphatic rings. The maximum absolute atomic E-state index is 12.5. The number of nitrogens with zero attached hydrogens (tertiary/aromatic N) is 4. The van der Waals surface area contributed by atoms with Crippen molar-refractivity contribution < 1.29 is 4.79 Å². The highest BCUT2D eigenvalue weighted by atomic mass is 79.9. The number of rotatable bonds is 6. The molecule has 4 rings (SSSR count). The van der Waals surface area contributed by atoms with Crippen LogP contribution in [0.2, 0.25) is 10.0 Å². The van der Waals surface area contributed by atoms with E-state index in [1.54, 1.807) is 36.7 Å². The van der Waals surface area contributed by atoms with Gasteiger partial charge >= 0.3 is 0 Å². The Morgan fingerprint density at radius 2 is 1.77 bits per heavy atom. The smallest absolute Gasteiger partial charge is 0.234 e. The Hall–Kier alpha value is -2.39. The van der Waals surface area contributed by atoms with E-state index in [4.69, 9.17) is 23.2 Å². The van der Waals surface area contributed by atoms with Crippen molar-refractivity contribution in [3.8, 4) is 17.1 Å². The molecule has 1 amide bonds. The first kappa shape index (κ1) is 21.8. The molecule has 0 aliphatic carbocycles. The molecule has 2 heterocycles. The highest BCUT2D eigenvalue weighted by molar-refractivity contribution is 9.10. The summed E-state index contributed by atoms with van der Waals surface area (Å²) in [6.45, 7) is 0. The van der Waals surface area contributed by atoms with Gasteiger partial charge in [-0.25, -0.2) is 0 Å². The van der Waals surface area contributed by atoms with Crippen molar-refractivity contribution in [1.82, 2.24) is 19.7 Å². The van der Waals surface area contributed by atoms with Crippen LogP contribution in [-0.2, 0) is 4.79 Å². The molecule has 2 aromatic heterocycles. The lowest BCUT2D eigenvalue weighted by atomic mass is 10.2. The SMILES string of the molecule is O=C(CSc1nnc(-c2ccncc2)n1-c1ccc(Cl)cc1)Nc1ccc(Br)cc1Cl. The molecule has 0 unspecified atom stereocenters. The molecule has 0 spiro atoms. The molecule has 1 N–H and O–H groups in total. The van der Waals surface area contributed by atoms with Gasteiger partial charge in [0.2, 0.25) is 5.91 Å². The van der Waals surface area contributed by atoms with Crippen LogP contribution in [0.5, 0.6) is 0 Å². The van der Waals surface area contributed by atoms with Gasteiger partial charge in [-0.3, -0.25) is 14.3 Å². The second-order valence-electron chi connectivity index (χ2n) is 6.31. The van der Waals surface area contributed by atoms with Gasteiger partial charge in [0.15, 0.2) is 11.0 Å². The lowest BCUT2D eigenvalue weighted by Gasteiger charge is -2.11. The molecule has 6 nitrogen and oxygen atoms in total. The fourth-order valence-corrected chi connectivity index (χ4v) is 4.38. The molecule has 0 atom stereocenters. The summed E-state index contributed by atoms with van der Waals surface area (Å²) in [6.07, 6.45) is 3.39. The van der Waals surface area contributed by atoms with E-state index in [9.17, 15) is 4.79 Å². The summed E-state index contributed by atoms with van der Waals surface area (Å²) >= 11 is 16.9. The van der Waals surface area contributed by atoms with Crippen LogP contribution in [0, 0.1) is 0 Å². The number of hydrogen-bond acceptors (Lipinski definition) is 5. The zero-order chi connectivity index (χ0) is 21.8. The number of halogens is 3. The summed E-state index contributed by atoms with van der Waals surface area (Å²) < 4.78 is 2.72. The van der Waals surface area contributed by atoms with Crippen LogP contribution in [-0.4, -0.2) is 31.4 Å². The van der Waals surface area contributed by atoms with E-state index in [1.165, 1.54) is 11.8 Å². The van der Waals surface area contributed by atoms with E-state index < -0.39 is 0 Å². The van der Waals surface area contributed by atoms with Gasteiger partial charge in [0, 0.05) is 33.1 Å². The van der Waals surface area contributed by atoms with E-state index in [1.807, 2.05) is 34.9 Å². The van der Waals surface area contributed by atoms with Gasteiger partial charge in [0.25, 0.3) is 0 Å². The number of carbonyl (C=O) groups excluding carboxylic acids is 1. The number of benzene rings is 2. The Bertz CT molecular complexity index is 1220. The lowest BCUT2D eigenvalue weighted by molar-refractivity contribution is -0.113. The fraction of sp³-hybridized carbons (Fsp3) is 0.0476. The molecule has 4 aromatic rings. The Kier molecular flexibility index (Phi) is 6.92. The first-order valence-corrected chi connectivity index (χ1v) is 11.5. The minimum atomic E-state index is -0.203. The lowest BCUT2D eigenvalue weighted by Crippen LogP contribution is -2.15. The summed E-state index contributed by atoms with van der Waals surface area (Å²) in [5, 5.41) is 13.1. The zero-order valence-electron chi connectivity index (χ0n) is 15.8. The zero-order valence-corrected chi connectivity index (χ0v) is 19.7. The van der Waals surface area contributed by atoms with Gasteiger partial charge in [0.05, 0.1) is 16.5 Å². The summed E-state index contributed by atoms with van der Waals surface area (Å²) in [5.74, 6) is 0.572. The third-order valence-electron chi connectivity index (χ3n) is 4.19. The maximum Gasteiger partial charge on any atom is 0.234 e. The van der Waals surface area contributed by atoms with Crippen LogP contribution < -0.4 is 5.32 Å². The van der Waals surface area contributed by atoms with Crippen molar-refractivity contribution in [1.29, 1.82) is 0 Å². The molecule has 0 fully saturated rings. The van der Waals surface area contributed by atoms with Crippen LogP contribution in [0.25, 0.3) is 17.1 Å². The Balaban J connectivity index is 1.58. The molecule has 156 valence electrons.